The second-order valence-electron chi connectivity index (χ2n) is 8.17. The maximum Gasteiger partial charge on any atom is 0.316 e. The summed E-state index contributed by atoms with van der Waals surface area (Å²) in [5, 5.41) is 15.3. The zero-order chi connectivity index (χ0) is 29.4. The fraction of sp³-hybridized carbons (Fsp3) is 0.348. The third-order valence-corrected chi connectivity index (χ3v) is 4.94. The Morgan fingerprint density at radius 2 is 1.49 bits per heavy atom. The number of hydrogen-bond acceptors (Lipinski definition) is 8. The predicted molar refractivity (Wildman–Crippen MR) is 123 cm³/mol. The largest absolute Gasteiger partial charge is 0.481 e. The van der Waals surface area contributed by atoms with Gasteiger partial charge in [0.1, 0.15) is 12.6 Å². The van der Waals surface area contributed by atoms with Crippen LogP contribution in [0.2, 0.25) is 0 Å². The van der Waals surface area contributed by atoms with Crippen molar-refractivity contribution >= 4 is 35.4 Å². The minimum atomic E-state index is -1.91. The summed E-state index contributed by atoms with van der Waals surface area (Å²) in [7, 11) is 0. The van der Waals surface area contributed by atoms with Gasteiger partial charge in [-0.05, 0) is 33.3 Å². The van der Waals surface area contributed by atoms with Crippen molar-refractivity contribution in [2.45, 2.75) is 45.7 Å². The van der Waals surface area contributed by atoms with E-state index >= 15 is 0 Å². The van der Waals surface area contributed by atoms with Crippen LogP contribution in [0, 0.1) is 37.1 Å². The lowest BCUT2D eigenvalue weighted by molar-refractivity contribution is -0.139. The maximum absolute atomic E-state index is 13.8. The van der Waals surface area contributed by atoms with Gasteiger partial charge in [0.15, 0.2) is 23.2 Å². The first kappa shape index (κ1) is 30.6. The van der Waals surface area contributed by atoms with Gasteiger partial charge in [-0.1, -0.05) is 0 Å². The van der Waals surface area contributed by atoms with E-state index in [9.17, 15) is 41.5 Å². The van der Waals surface area contributed by atoms with Gasteiger partial charge in [0, 0.05) is 23.9 Å². The van der Waals surface area contributed by atoms with Gasteiger partial charge in [0.25, 0.3) is 0 Å². The number of carboxylic acid groups (broad SMARTS) is 1. The van der Waals surface area contributed by atoms with Crippen molar-refractivity contribution in [2.24, 2.45) is 0 Å². The Hall–Kier alpha value is -4.63. The highest BCUT2D eigenvalue weighted by molar-refractivity contribution is 6.39. The van der Waals surface area contributed by atoms with E-state index in [0.29, 0.717) is 11.4 Å². The summed E-state index contributed by atoms with van der Waals surface area (Å²) < 4.78 is 58.8. The highest BCUT2D eigenvalue weighted by atomic mass is 19.2. The number of aromatic nitrogens is 2. The number of benzene rings is 1. The van der Waals surface area contributed by atoms with E-state index in [2.05, 4.69) is 30.7 Å². The number of aliphatic carboxylic acids is 1. The molecule has 2 aromatic rings. The number of Topliss-reactive ketones (excluding diaryl/α,β-unsaturated/α-hetero) is 1. The molecule has 0 aliphatic rings. The molecule has 0 bridgehead atoms. The first-order chi connectivity index (χ1) is 18.2. The maximum atomic E-state index is 13.8. The number of nitrogens with zero attached hydrogens (tertiary/aromatic N) is 2. The van der Waals surface area contributed by atoms with Crippen molar-refractivity contribution in [3.8, 4) is 5.75 Å². The molecule has 1 heterocycles. The predicted octanol–water partition coefficient (Wildman–Crippen LogP) is 1.09. The number of carboxylic acids is 1. The molecule has 2 rings (SSSR count). The van der Waals surface area contributed by atoms with Gasteiger partial charge in [-0.15, -0.1) is 0 Å². The first-order valence-corrected chi connectivity index (χ1v) is 11.1. The molecular formula is C23H23F4N5O7. The second-order valence-corrected chi connectivity index (χ2v) is 8.17. The van der Waals surface area contributed by atoms with E-state index in [-0.39, 0.29) is 12.0 Å². The summed E-state index contributed by atoms with van der Waals surface area (Å²) in [6.07, 6.45) is -1.16. The highest BCUT2D eigenvalue weighted by Gasteiger charge is 2.28. The molecule has 0 spiro atoms. The Labute approximate surface area is 218 Å². The van der Waals surface area contributed by atoms with Crippen LogP contribution >= 0.6 is 0 Å². The van der Waals surface area contributed by atoms with Crippen molar-refractivity contribution in [3.63, 3.8) is 0 Å². The van der Waals surface area contributed by atoms with Gasteiger partial charge < -0.3 is 20.5 Å². The zero-order valence-corrected chi connectivity index (χ0v) is 20.7. The lowest BCUT2D eigenvalue weighted by Crippen LogP contribution is -2.52. The molecule has 0 aliphatic heterocycles. The van der Waals surface area contributed by atoms with Gasteiger partial charge in [-0.2, -0.15) is 8.78 Å². The number of halogens is 4. The molecule has 0 saturated heterocycles. The Morgan fingerprint density at radius 1 is 0.923 bits per heavy atom. The molecule has 12 nitrogen and oxygen atoms in total. The minimum Gasteiger partial charge on any atom is -0.481 e. The number of ether oxygens (including phenoxy) is 1. The molecule has 1 aromatic heterocycles. The third kappa shape index (κ3) is 8.72. The van der Waals surface area contributed by atoms with Crippen LogP contribution in [0.25, 0.3) is 0 Å². The number of aryl methyl sites for hydroxylation is 2. The molecule has 1 aromatic carbocycles. The zero-order valence-electron chi connectivity index (χ0n) is 20.7. The van der Waals surface area contributed by atoms with Crippen molar-refractivity contribution in [1.82, 2.24) is 20.6 Å². The minimum absolute atomic E-state index is 0.0693. The van der Waals surface area contributed by atoms with E-state index in [1.54, 1.807) is 19.9 Å². The van der Waals surface area contributed by atoms with Crippen LogP contribution in [-0.4, -0.2) is 63.2 Å². The van der Waals surface area contributed by atoms with Gasteiger partial charge in [0.2, 0.25) is 23.5 Å². The SMILES string of the molecule is Cc1cc(C)nc(NC(=O)C(=O)N[C@@H](C)C(=O)N[C@@H](CCC(=O)O)C(=O)COc2c(F)c(F)cc(F)c2F)n1. The monoisotopic (exact) mass is 557 g/mol. The Balaban J connectivity index is 2.04. The van der Waals surface area contributed by atoms with Crippen LogP contribution in [0.15, 0.2) is 12.1 Å². The topological polar surface area (TPSA) is 177 Å². The Kier molecular flexibility index (Phi) is 10.4. The number of ketones is 1. The summed E-state index contributed by atoms with van der Waals surface area (Å²) >= 11 is 0. The molecule has 0 saturated carbocycles. The van der Waals surface area contributed by atoms with E-state index in [4.69, 9.17) is 5.11 Å². The van der Waals surface area contributed by atoms with Crippen LogP contribution in [0.4, 0.5) is 23.5 Å². The van der Waals surface area contributed by atoms with E-state index in [0.717, 1.165) is 6.92 Å². The summed E-state index contributed by atoms with van der Waals surface area (Å²) in [5.41, 5.74) is 1.03. The van der Waals surface area contributed by atoms with Crippen LogP contribution in [0.1, 0.15) is 31.2 Å². The van der Waals surface area contributed by atoms with Crippen molar-refractivity contribution in [2.75, 3.05) is 11.9 Å². The summed E-state index contributed by atoms with van der Waals surface area (Å²) in [6, 6.07) is -1.50. The van der Waals surface area contributed by atoms with E-state index < -0.39 is 90.0 Å². The normalized spacial score (nSPS) is 12.2. The standard InChI is InChI=1S/C23H23F4N5O7/c1-9-6-10(2)29-23(28-9)32-22(38)21(37)30-11(3)20(36)31-14(4-5-16(34)35)15(33)8-39-19-17(26)12(24)7-13(25)18(19)27/h6-7,11,14H,4-5,8H2,1-3H3,(H,30,37)(H,31,36)(H,34,35)(H,28,29,32,38)/t11-,14-/m0/s1. The van der Waals surface area contributed by atoms with Crippen molar-refractivity contribution in [1.29, 1.82) is 0 Å². The number of amides is 3. The number of nitrogens with one attached hydrogen (secondary N) is 3. The summed E-state index contributed by atoms with van der Waals surface area (Å²) in [4.78, 5) is 68.2. The van der Waals surface area contributed by atoms with Crippen LogP contribution < -0.4 is 20.7 Å². The smallest absolute Gasteiger partial charge is 0.316 e. The molecule has 39 heavy (non-hydrogen) atoms. The fourth-order valence-electron chi connectivity index (χ4n) is 3.07. The summed E-state index contributed by atoms with van der Waals surface area (Å²) in [6.45, 7) is 3.20. The number of rotatable bonds is 11. The molecule has 0 aliphatic carbocycles. The molecule has 4 N–H and O–H groups in total. The lowest BCUT2D eigenvalue weighted by Gasteiger charge is -2.20. The molecule has 0 unspecified atom stereocenters. The first-order valence-electron chi connectivity index (χ1n) is 11.1. The second kappa shape index (κ2) is 13.3. The highest BCUT2D eigenvalue weighted by Crippen LogP contribution is 2.26. The lowest BCUT2D eigenvalue weighted by atomic mass is 10.1. The third-order valence-electron chi connectivity index (χ3n) is 4.94. The van der Waals surface area contributed by atoms with Gasteiger partial charge >= 0.3 is 17.8 Å². The average Bonchev–Trinajstić information content (AvgIpc) is 2.84. The molecular weight excluding hydrogens is 534 g/mol. The fourth-order valence-corrected chi connectivity index (χ4v) is 3.07. The van der Waals surface area contributed by atoms with E-state index in [1.165, 1.54) is 0 Å². The van der Waals surface area contributed by atoms with Crippen molar-refractivity contribution < 1.29 is 51.4 Å². The summed E-state index contributed by atoms with van der Waals surface area (Å²) in [5.74, 6) is -15.1. The Bertz CT molecular complexity index is 1260. The van der Waals surface area contributed by atoms with Crippen LogP contribution in [-0.2, 0) is 24.0 Å². The number of carbonyl (C=O) groups is 5. The molecule has 3 amide bonds. The van der Waals surface area contributed by atoms with Crippen molar-refractivity contribution in [3.05, 3.63) is 46.8 Å². The number of anilines is 1. The molecule has 0 fully saturated rings. The average molecular weight is 557 g/mol. The molecule has 210 valence electrons. The molecule has 16 heteroatoms. The van der Waals surface area contributed by atoms with Crippen LogP contribution in [0.5, 0.6) is 5.75 Å². The molecule has 0 radical (unpaired) electrons. The van der Waals surface area contributed by atoms with Crippen LogP contribution in [0.3, 0.4) is 0 Å². The van der Waals surface area contributed by atoms with Gasteiger partial charge in [-0.3, -0.25) is 29.3 Å². The number of hydrogen-bond donors (Lipinski definition) is 4. The van der Waals surface area contributed by atoms with E-state index in [1.807, 2.05) is 0 Å². The number of carbonyl (C=O) groups excluding carboxylic acids is 4. The molecule has 2 atom stereocenters. The Morgan fingerprint density at radius 3 is 2.03 bits per heavy atom. The van der Waals surface area contributed by atoms with Gasteiger partial charge in [0.05, 0.1) is 6.04 Å². The van der Waals surface area contributed by atoms with Gasteiger partial charge in [-0.25, -0.2) is 18.7 Å². The quantitative estimate of drug-likeness (QED) is 0.179.